The van der Waals surface area contributed by atoms with Crippen molar-refractivity contribution in [2.45, 2.75) is 51.1 Å². The minimum absolute atomic E-state index is 0.0127. The van der Waals surface area contributed by atoms with Crippen molar-refractivity contribution < 1.29 is 4.79 Å². The molecule has 2 fully saturated rings. The van der Waals surface area contributed by atoms with Crippen molar-refractivity contribution in [3.63, 3.8) is 0 Å². The van der Waals surface area contributed by atoms with Crippen LogP contribution in [0.25, 0.3) is 0 Å². The predicted octanol–water partition coefficient (Wildman–Crippen LogP) is 0.718. The summed E-state index contributed by atoms with van der Waals surface area (Å²) in [5.74, 6) is 0.615. The van der Waals surface area contributed by atoms with Crippen molar-refractivity contribution >= 4 is 5.91 Å². The van der Waals surface area contributed by atoms with Crippen LogP contribution in [0, 0.1) is 5.92 Å². The van der Waals surface area contributed by atoms with Gasteiger partial charge in [-0.2, -0.15) is 0 Å². The van der Waals surface area contributed by atoms with Gasteiger partial charge in [0.25, 0.3) is 5.56 Å². The standard InChI is InChI=1S/C15H21N3O3/c19-13-7-9-17(15(21)16-13)10-14(20)18-8-3-5-11-4-1-2-6-12(11)18/h7,9,11-12H,1-6,8,10H2,(H,16,19,21). The molecule has 1 aromatic heterocycles. The quantitative estimate of drug-likeness (QED) is 0.872. The smallest absolute Gasteiger partial charge is 0.328 e. The van der Waals surface area contributed by atoms with Gasteiger partial charge < -0.3 is 4.90 Å². The highest BCUT2D eigenvalue weighted by Crippen LogP contribution is 2.35. The third-order valence-electron chi connectivity index (χ3n) is 4.77. The van der Waals surface area contributed by atoms with E-state index in [1.807, 2.05) is 4.90 Å². The summed E-state index contributed by atoms with van der Waals surface area (Å²) in [6.45, 7) is 0.803. The first kappa shape index (κ1) is 14.1. The van der Waals surface area contributed by atoms with Crippen LogP contribution < -0.4 is 11.2 Å². The molecular weight excluding hydrogens is 270 g/mol. The summed E-state index contributed by atoms with van der Waals surface area (Å²) in [4.78, 5) is 39.4. The normalized spacial score (nSPS) is 25.4. The third kappa shape index (κ3) is 2.94. The van der Waals surface area contributed by atoms with Crippen LogP contribution in [-0.2, 0) is 11.3 Å². The van der Waals surface area contributed by atoms with E-state index in [1.54, 1.807) is 0 Å². The molecule has 0 radical (unpaired) electrons. The molecule has 1 N–H and O–H groups in total. The Bertz CT molecular complexity index is 632. The van der Waals surface area contributed by atoms with E-state index >= 15 is 0 Å². The Morgan fingerprint density at radius 2 is 1.95 bits per heavy atom. The van der Waals surface area contributed by atoms with Gasteiger partial charge in [-0.05, 0) is 31.6 Å². The van der Waals surface area contributed by atoms with Crippen LogP contribution >= 0.6 is 0 Å². The largest absolute Gasteiger partial charge is 0.338 e. The second-order valence-corrected chi connectivity index (χ2v) is 6.08. The summed E-state index contributed by atoms with van der Waals surface area (Å²) in [5, 5.41) is 0. The highest BCUT2D eigenvalue weighted by Gasteiger charge is 2.35. The zero-order valence-electron chi connectivity index (χ0n) is 12.1. The molecule has 6 nitrogen and oxygen atoms in total. The maximum atomic E-state index is 12.5. The van der Waals surface area contributed by atoms with Gasteiger partial charge >= 0.3 is 5.69 Å². The Hall–Kier alpha value is -1.85. The third-order valence-corrected chi connectivity index (χ3v) is 4.77. The Morgan fingerprint density at radius 3 is 2.76 bits per heavy atom. The summed E-state index contributed by atoms with van der Waals surface area (Å²) in [5.41, 5.74) is -0.956. The molecule has 114 valence electrons. The van der Waals surface area contributed by atoms with Crippen LogP contribution in [-0.4, -0.2) is 32.9 Å². The summed E-state index contributed by atoms with van der Waals surface area (Å²) in [6.07, 6.45) is 8.40. The molecule has 0 bridgehead atoms. The number of aromatic amines is 1. The average molecular weight is 291 g/mol. The van der Waals surface area contributed by atoms with Crippen LogP contribution in [0.1, 0.15) is 38.5 Å². The second-order valence-electron chi connectivity index (χ2n) is 6.08. The fourth-order valence-corrected chi connectivity index (χ4v) is 3.74. The number of amides is 1. The zero-order valence-corrected chi connectivity index (χ0v) is 12.1. The molecule has 6 heteroatoms. The monoisotopic (exact) mass is 291 g/mol. The van der Waals surface area contributed by atoms with Gasteiger partial charge in [-0.25, -0.2) is 4.79 Å². The first-order valence-electron chi connectivity index (χ1n) is 7.74. The first-order valence-corrected chi connectivity index (χ1v) is 7.74. The minimum Gasteiger partial charge on any atom is -0.338 e. The van der Waals surface area contributed by atoms with Crippen LogP contribution in [0.5, 0.6) is 0 Å². The van der Waals surface area contributed by atoms with E-state index in [-0.39, 0.29) is 12.5 Å². The van der Waals surface area contributed by atoms with Gasteiger partial charge in [-0.1, -0.05) is 12.8 Å². The molecular formula is C15H21N3O3. The molecule has 1 amide bonds. The molecule has 1 saturated heterocycles. The maximum Gasteiger partial charge on any atom is 0.328 e. The number of likely N-dealkylation sites (tertiary alicyclic amines) is 1. The number of nitrogens with zero attached hydrogens (tertiary/aromatic N) is 2. The Labute approximate surface area is 122 Å². The van der Waals surface area contributed by atoms with E-state index < -0.39 is 11.2 Å². The average Bonchev–Trinajstić information content (AvgIpc) is 2.49. The second kappa shape index (κ2) is 5.87. The van der Waals surface area contributed by atoms with Crippen molar-refractivity contribution in [2.24, 2.45) is 5.92 Å². The lowest BCUT2D eigenvalue weighted by molar-refractivity contribution is -0.138. The molecule has 0 aromatic carbocycles. The van der Waals surface area contributed by atoms with E-state index in [2.05, 4.69) is 4.98 Å². The molecule has 2 heterocycles. The zero-order chi connectivity index (χ0) is 14.8. The number of carbonyl (C=O) groups excluding carboxylic acids is 1. The number of aromatic nitrogens is 2. The van der Waals surface area contributed by atoms with Gasteiger partial charge in [-0.15, -0.1) is 0 Å². The summed E-state index contributed by atoms with van der Waals surface area (Å²) >= 11 is 0. The lowest BCUT2D eigenvalue weighted by Crippen LogP contribution is -2.51. The molecule has 2 aliphatic rings. The number of fused-ring (bicyclic) bond motifs is 1. The number of carbonyl (C=O) groups is 1. The molecule has 2 unspecified atom stereocenters. The summed E-state index contributed by atoms with van der Waals surface area (Å²) in [7, 11) is 0. The number of nitrogens with one attached hydrogen (secondary N) is 1. The molecule has 1 saturated carbocycles. The maximum absolute atomic E-state index is 12.5. The van der Waals surface area contributed by atoms with Gasteiger partial charge in [-0.3, -0.25) is 19.1 Å². The number of rotatable bonds is 2. The summed E-state index contributed by atoms with van der Waals surface area (Å²) < 4.78 is 1.27. The molecule has 1 aromatic rings. The predicted molar refractivity (Wildman–Crippen MR) is 78.0 cm³/mol. The molecule has 2 atom stereocenters. The van der Waals surface area contributed by atoms with Crippen molar-refractivity contribution in [2.75, 3.05) is 6.54 Å². The lowest BCUT2D eigenvalue weighted by atomic mass is 9.78. The SMILES string of the molecule is O=C(Cn1ccc(=O)[nH]c1=O)N1CCCC2CCCCC21. The number of hydrogen-bond acceptors (Lipinski definition) is 3. The van der Waals surface area contributed by atoms with Crippen molar-refractivity contribution in [1.29, 1.82) is 0 Å². The van der Waals surface area contributed by atoms with Gasteiger partial charge in [0.2, 0.25) is 5.91 Å². The van der Waals surface area contributed by atoms with Crippen LogP contribution in [0.15, 0.2) is 21.9 Å². The van der Waals surface area contributed by atoms with Crippen molar-refractivity contribution in [3.8, 4) is 0 Å². The fraction of sp³-hybridized carbons (Fsp3) is 0.667. The molecule has 0 spiro atoms. The highest BCUT2D eigenvalue weighted by molar-refractivity contribution is 5.76. The summed E-state index contributed by atoms with van der Waals surface area (Å²) in [6, 6.07) is 1.62. The van der Waals surface area contributed by atoms with Crippen LogP contribution in [0.3, 0.4) is 0 Å². The Kier molecular flexibility index (Phi) is 3.94. The van der Waals surface area contributed by atoms with Gasteiger partial charge in [0, 0.05) is 24.8 Å². The minimum atomic E-state index is -0.520. The molecule has 3 rings (SSSR count). The van der Waals surface area contributed by atoms with Crippen LogP contribution in [0.4, 0.5) is 0 Å². The lowest BCUT2D eigenvalue weighted by Gasteiger charge is -2.44. The van der Waals surface area contributed by atoms with E-state index in [0.717, 1.165) is 19.4 Å². The van der Waals surface area contributed by atoms with Gasteiger partial charge in [0.1, 0.15) is 6.54 Å². The molecule has 1 aliphatic carbocycles. The molecule has 21 heavy (non-hydrogen) atoms. The number of H-pyrrole nitrogens is 1. The fourth-order valence-electron chi connectivity index (χ4n) is 3.74. The van der Waals surface area contributed by atoms with Crippen molar-refractivity contribution in [1.82, 2.24) is 14.5 Å². The topological polar surface area (TPSA) is 75.2 Å². The van der Waals surface area contributed by atoms with Crippen LogP contribution in [0.2, 0.25) is 0 Å². The van der Waals surface area contributed by atoms with E-state index in [1.165, 1.54) is 42.5 Å². The van der Waals surface area contributed by atoms with Gasteiger partial charge in [0.05, 0.1) is 0 Å². The van der Waals surface area contributed by atoms with E-state index in [0.29, 0.717) is 12.0 Å². The number of hydrogen-bond donors (Lipinski definition) is 1. The number of piperidine rings is 1. The molecule has 1 aliphatic heterocycles. The van der Waals surface area contributed by atoms with Crippen molar-refractivity contribution in [3.05, 3.63) is 33.1 Å². The first-order chi connectivity index (χ1) is 10.1. The Balaban J connectivity index is 1.74. The van der Waals surface area contributed by atoms with E-state index in [4.69, 9.17) is 0 Å². The van der Waals surface area contributed by atoms with Gasteiger partial charge in [0.15, 0.2) is 0 Å². The Morgan fingerprint density at radius 1 is 1.19 bits per heavy atom. The van der Waals surface area contributed by atoms with E-state index in [9.17, 15) is 14.4 Å². The highest BCUT2D eigenvalue weighted by atomic mass is 16.2.